The molecule has 0 aliphatic rings. The molecule has 0 atom stereocenters. The van der Waals surface area contributed by atoms with E-state index in [1.165, 1.54) is 0 Å². The molecule has 0 aliphatic carbocycles. The molecule has 0 aliphatic heterocycles. The van der Waals surface area contributed by atoms with Crippen molar-refractivity contribution >= 4 is 22.0 Å². The highest BCUT2D eigenvalue weighted by molar-refractivity contribution is 9.10. The first kappa shape index (κ1) is 12.4. The molecule has 0 aromatic heterocycles. The Morgan fingerprint density at radius 1 is 1.11 bits per heavy atom. The van der Waals surface area contributed by atoms with E-state index in [-0.39, 0.29) is 0 Å². The van der Waals surface area contributed by atoms with Crippen LogP contribution in [0.3, 0.4) is 0 Å². The third-order valence-electron chi connectivity index (χ3n) is 2.41. The summed E-state index contributed by atoms with van der Waals surface area (Å²) in [4.78, 5) is 0. The van der Waals surface area contributed by atoms with Gasteiger partial charge < -0.3 is 4.74 Å². The molecule has 2 aromatic carbocycles. The molecule has 0 spiro atoms. The van der Waals surface area contributed by atoms with Crippen LogP contribution in [0.15, 0.2) is 53.5 Å². The first-order valence-corrected chi connectivity index (χ1v) is 6.12. The maximum Gasteiger partial charge on any atom is 0.128 e. The van der Waals surface area contributed by atoms with Gasteiger partial charge in [0.1, 0.15) is 11.5 Å². The molecule has 18 heavy (non-hydrogen) atoms. The maximum absolute atomic E-state index is 8.71. The normalized spacial score (nSPS) is 9.56. The Kier molecular flexibility index (Phi) is 3.81. The number of hydrogen-bond acceptors (Lipinski definition) is 2. The van der Waals surface area contributed by atoms with E-state index >= 15 is 0 Å². The van der Waals surface area contributed by atoms with Crippen molar-refractivity contribution in [2.75, 3.05) is 0 Å². The standard InChI is InChI=1S/C15H10BrNO/c1-2-12-9-14(7-8-15(12)16)18-13-5-3-11(10-17)4-6-13/h2-9H,1H2. The van der Waals surface area contributed by atoms with Gasteiger partial charge in [-0.2, -0.15) is 5.26 Å². The van der Waals surface area contributed by atoms with E-state index in [2.05, 4.69) is 28.6 Å². The van der Waals surface area contributed by atoms with Crippen LogP contribution >= 0.6 is 15.9 Å². The Morgan fingerprint density at radius 2 is 1.78 bits per heavy atom. The second-order valence-corrected chi connectivity index (χ2v) is 4.48. The van der Waals surface area contributed by atoms with Crippen molar-refractivity contribution in [3.63, 3.8) is 0 Å². The number of nitriles is 1. The topological polar surface area (TPSA) is 33.0 Å². The Morgan fingerprint density at radius 3 is 2.39 bits per heavy atom. The average Bonchev–Trinajstić information content (AvgIpc) is 2.42. The van der Waals surface area contributed by atoms with Gasteiger partial charge in [0.05, 0.1) is 11.6 Å². The highest BCUT2D eigenvalue weighted by Crippen LogP contribution is 2.27. The fourth-order valence-corrected chi connectivity index (χ4v) is 1.88. The van der Waals surface area contributed by atoms with Gasteiger partial charge >= 0.3 is 0 Å². The number of benzene rings is 2. The lowest BCUT2D eigenvalue weighted by atomic mass is 10.2. The van der Waals surface area contributed by atoms with Gasteiger partial charge in [0.2, 0.25) is 0 Å². The smallest absolute Gasteiger partial charge is 0.128 e. The van der Waals surface area contributed by atoms with Crippen LogP contribution in [0.2, 0.25) is 0 Å². The number of rotatable bonds is 3. The molecule has 2 nitrogen and oxygen atoms in total. The molecule has 0 unspecified atom stereocenters. The van der Waals surface area contributed by atoms with Gasteiger partial charge in [-0.1, -0.05) is 28.6 Å². The Hall–Kier alpha value is -2.05. The Bertz CT molecular complexity index is 611. The number of halogens is 1. The monoisotopic (exact) mass is 299 g/mol. The SMILES string of the molecule is C=Cc1cc(Oc2ccc(C#N)cc2)ccc1Br. The van der Waals surface area contributed by atoms with Crippen LogP contribution in [0.25, 0.3) is 6.08 Å². The second-order valence-electron chi connectivity index (χ2n) is 3.63. The van der Waals surface area contributed by atoms with Crippen LogP contribution in [0.5, 0.6) is 11.5 Å². The predicted molar refractivity (Wildman–Crippen MR) is 75.5 cm³/mol. The van der Waals surface area contributed by atoms with Crippen LogP contribution in [0.4, 0.5) is 0 Å². The first-order chi connectivity index (χ1) is 8.72. The zero-order valence-corrected chi connectivity index (χ0v) is 11.1. The van der Waals surface area contributed by atoms with Gasteiger partial charge in [-0.3, -0.25) is 0 Å². The maximum atomic E-state index is 8.71. The second kappa shape index (κ2) is 5.52. The Labute approximate surface area is 114 Å². The minimum absolute atomic E-state index is 0.616. The highest BCUT2D eigenvalue weighted by Gasteiger charge is 2.01. The van der Waals surface area contributed by atoms with Crippen molar-refractivity contribution in [3.05, 3.63) is 64.6 Å². The van der Waals surface area contributed by atoms with Crippen LogP contribution in [-0.2, 0) is 0 Å². The van der Waals surface area contributed by atoms with Crippen LogP contribution < -0.4 is 4.74 Å². The van der Waals surface area contributed by atoms with Gasteiger partial charge in [0, 0.05) is 4.47 Å². The Balaban J connectivity index is 2.23. The minimum Gasteiger partial charge on any atom is -0.457 e. The molecule has 0 amide bonds. The van der Waals surface area contributed by atoms with Crippen molar-refractivity contribution in [2.24, 2.45) is 0 Å². The molecule has 0 radical (unpaired) electrons. The zero-order chi connectivity index (χ0) is 13.0. The van der Waals surface area contributed by atoms with E-state index in [1.807, 2.05) is 18.2 Å². The van der Waals surface area contributed by atoms with Gasteiger partial charge in [0.25, 0.3) is 0 Å². The molecule has 3 heteroatoms. The van der Waals surface area contributed by atoms with E-state index in [9.17, 15) is 0 Å². The van der Waals surface area contributed by atoms with Crippen molar-refractivity contribution in [2.45, 2.75) is 0 Å². The van der Waals surface area contributed by atoms with E-state index < -0.39 is 0 Å². The van der Waals surface area contributed by atoms with Crippen molar-refractivity contribution in [3.8, 4) is 17.6 Å². The molecule has 0 N–H and O–H groups in total. The molecule has 2 aromatic rings. The van der Waals surface area contributed by atoms with Crippen LogP contribution in [0.1, 0.15) is 11.1 Å². The molecule has 2 rings (SSSR count). The quantitative estimate of drug-likeness (QED) is 0.819. The number of hydrogen-bond donors (Lipinski definition) is 0. The average molecular weight is 300 g/mol. The van der Waals surface area contributed by atoms with E-state index in [0.29, 0.717) is 11.3 Å². The molecule has 0 heterocycles. The van der Waals surface area contributed by atoms with Gasteiger partial charge in [0.15, 0.2) is 0 Å². The van der Waals surface area contributed by atoms with Gasteiger partial charge in [-0.05, 0) is 48.0 Å². The molecule has 0 fully saturated rings. The van der Waals surface area contributed by atoms with Crippen molar-refractivity contribution in [1.29, 1.82) is 5.26 Å². The third kappa shape index (κ3) is 2.79. The first-order valence-electron chi connectivity index (χ1n) is 5.33. The summed E-state index contributed by atoms with van der Waals surface area (Å²) in [5.74, 6) is 1.43. The van der Waals surface area contributed by atoms with Crippen molar-refractivity contribution < 1.29 is 4.74 Å². The lowest BCUT2D eigenvalue weighted by molar-refractivity contribution is 0.482. The molecule has 88 valence electrons. The largest absolute Gasteiger partial charge is 0.457 e. The van der Waals surface area contributed by atoms with Gasteiger partial charge in [-0.15, -0.1) is 0 Å². The summed E-state index contributed by atoms with van der Waals surface area (Å²) in [6.45, 7) is 3.74. The fraction of sp³-hybridized carbons (Fsp3) is 0. The predicted octanol–water partition coefficient (Wildman–Crippen LogP) is 4.76. The van der Waals surface area contributed by atoms with Gasteiger partial charge in [-0.25, -0.2) is 0 Å². The van der Waals surface area contributed by atoms with Crippen LogP contribution in [0, 0.1) is 11.3 Å². The summed E-state index contributed by atoms with van der Waals surface area (Å²) < 4.78 is 6.67. The fourth-order valence-electron chi connectivity index (χ4n) is 1.48. The van der Waals surface area contributed by atoms with E-state index in [0.717, 1.165) is 15.8 Å². The third-order valence-corrected chi connectivity index (χ3v) is 3.13. The molecule has 0 bridgehead atoms. The minimum atomic E-state index is 0.616. The van der Waals surface area contributed by atoms with Crippen LogP contribution in [-0.4, -0.2) is 0 Å². The van der Waals surface area contributed by atoms with E-state index in [4.69, 9.17) is 10.00 Å². The summed E-state index contributed by atoms with van der Waals surface area (Å²) >= 11 is 3.43. The summed E-state index contributed by atoms with van der Waals surface area (Å²) in [6, 6.07) is 14.7. The highest BCUT2D eigenvalue weighted by atomic mass is 79.9. The van der Waals surface area contributed by atoms with E-state index in [1.54, 1.807) is 30.3 Å². The number of nitrogens with zero attached hydrogens (tertiary/aromatic N) is 1. The summed E-state index contributed by atoms with van der Waals surface area (Å²) in [5.41, 5.74) is 1.59. The summed E-state index contributed by atoms with van der Waals surface area (Å²) in [7, 11) is 0. The molecule has 0 saturated heterocycles. The number of ether oxygens (including phenoxy) is 1. The molecular weight excluding hydrogens is 290 g/mol. The van der Waals surface area contributed by atoms with Crippen molar-refractivity contribution in [1.82, 2.24) is 0 Å². The zero-order valence-electron chi connectivity index (χ0n) is 9.56. The lowest BCUT2D eigenvalue weighted by Gasteiger charge is -2.07. The lowest BCUT2D eigenvalue weighted by Crippen LogP contribution is -1.86. The summed E-state index contributed by atoms with van der Waals surface area (Å²) in [5, 5.41) is 8.71. The molecule has 0 saturated carbocycles. The summed E-state index contributed by atoms with van der Waals surface area (Å²) in [6.07, 6.45) is 1.76. The molecular formula is C15H10BrNO.